The molecule has 2 rings (SSSR count). The van der Waals surface area contributed by atoms with Crippen LogP contribution in [0.25, 0.3) is 0 Å². The second kappa shape index (κ2) is 8.51. The Balaban J connectivity index is 1.67. The summed E-state index contributed by atoms with van der Waals surface area (Å²) in [6.45, 7) is 2.47. The monoisotopic (exact) mass is 317 g/mol. The van der Waals surface area contributed by atoms with Crippen molar-refractivity contribution in [2.45, 2.75) is 13.0 Å². The fourth-order valence-corrected chi connectivity index (χ4v) is 2.34. The van der Waals surface area contributed by atoms with E-state index in [2.05, 4.69) is 34.4 Å². The molecule has 1 aromatic carbocycles. The Morgan fingerprint density at radius 2 is 2.05 bits per heavy atom. The number of benzene rings is 1. The third-order valence-corrected chi connectivity index (χ3v) is 3.49. The Labute approximate surface area is 136 Å². The highest BCUT2D eigenvalue weighted by atomic mass is 35.5. The second-order valence-corrected chi connectivity index (χ2v) is 5.59. The minimum Gasteiger partial charge on any atom is -0.352 e. The summed E-state index contributed by atoms with van der Waals surface area (Å²) in [6, 6.07) is 13.6. The van der Waals surface area contributed by atoms with Crippen molar-refractivity contribution in [3.63, 3.8) is 0 Å². The number of amides is 1. The smallest absolute Gasteiger partial charge is 0.251 e. The van der Waals surface area contributed by atoms with Crippen LogP contribution >= 0.6 is 11.6 Å². The molecule has 0 aliphatic carbocycles. The maximum atomic E-state index is 11.9. The van der Waals surface area contributed by atoms with Crippen LogP contribution in [0.2, 0.25) is 5.15 Å². The lowest BCUT2D eigenvalue weighted by Gasteiger charge is -2.16. The van der Waals surface area contributed by atoms with Gasteiger partial charge < -0.3 is 10.2 Å². The Morgan fingerprint density at radius 3 is 2.77 bits per heavy atom. The van der Waals surface area contributed by atoms with Gasteiger partial charge >= 0.3 is 0 Å². The lowest BCUT2D eigenvalue weighted by molar-refractivity contribution is 0.0952. The zero-order chi connectivity index (χ0) is 15.8. The quantitative estimate of drug-likeness (QED) is 0.631. The number of nitrogens with one attached hydrogen (secondary N) is 1. The Hall–Kier alpha value is -1.91. The van der Waals surface area contributed by atoms with Gasteiger partial charge in [0, 0.05) is 24.8 Å². The average molecular weight is 318 g/mol. The van der Waals surface area contributed by atoms with E-state index in [1.165, 1.54) is 11.8 Å². The normalized spacial score (nSPS) is 10.7. The fourth-order valence-electron chi connectivity index (χ4n) is 2.17. The van der Waals surface area contributed by atoms with E-state index in [0.29, 0.717) is 17.3 Å². The highest BCUT2D eigenvalue weighted by Crippen LogP contribution is 2.07. The maximum Gasteiger partial charge on any atom is 0.251 e. The number of aromatic nitrogens is 1. The number of pyridine rings is 1. The largest absolute Gasteiger partial charge is 0.352 e. The molecule has 1 amide bonds. The second-order valence-electron chi connectivity index (χ2n) is 5.20. The summed E-state index contributed by atoms with van der Waals surface area (Å²) in [5.41, 5.74) is 1.83. The van der Waals surface area contributed by atoms with Gasteiger partial charge in [0.2, 0.25) is 0 Å². The fraction of sp³-hybridized carbons (Fsp3) is 0.294. The standard InChI is InChI=1S/C17H20ClN3O/c1-21(13-14-6-3-2-4-7-14)11-5-9-20-17(22)15-8-10-19-16(18)12-15/h2-4,6-8,10,12H,5,9,11,13H2,1H3,(H,20,22). The molecular weight excluding hydrogens is 298 g/mol. The van der Waals surface area contributed by atoms with Gasteiger partial charge in [-0.25, -0.2) is 4.98 Å². The summed E-state index contributed by atoms with van der Waals surface area (Å²) in [5, 5.41) is 3.22. The van der Waals surface area contributed by atoms with Gasteiger partial charge in [0.25, 0.3) is 5.91 Å². The minimum absolute atomic E-state index is 0.116. The Bertz CT molecular complexity index is 604. The molecule has 0 aliphatic heterocycles. The van der Waals surface area contributed by atoms with Crippen LogP contribution < -0.4 is 5.32 Å². The minimum atomic E-state index is -0.116. The first-order valence-corrected chi connectivity index (χ1v) is 7.65. The van der Waals surface area contributed by atoms with Crippen molar-refractivity contribution in [3.05, 3.63) is 64.9 Å². The zero-order valence-corrected chi connectivity index (χ0v) is 13.4. The highest BCUT2D eigenvalue weighted by molar-refractivity contribution is 6.29. The van der Waals surface area contributed by atoms with Gasteiger partial charge in [-0.05, 0) is 37.7 Å². The van der Waals surface area contributed by atoms with Crippen LogP contribution in [0.3, 0.4) is 0 Å². The molecule has 0 fully saturated rings. The van der Waals surface area contributed by atoms with Crippen LogP contribution in [-0.2, 0) is 6.54 Å². The van der Waals surface area contributed by atoms with Gasteiger partial charge in [-0.2, -0.15) is 0 Å². The summed E-state index contributed by atoms with van der Waals surface area (Å²) in [6.07, 6.45) is 2.43. The number of halogens is 1. The van der Waals surface area contributed by atoms with Crippen molar-refractivity contribution in [1.29, 1.82) is 0 Å². The first-order valence-electron chi connectivity index (χ1n) is 7.27. The number of nitrogens with zero attached hydrogens (tertiary/aromatic N) is 2. The molecule has 4 nitrogen and oxygen atoms in total. The van der Waals surface area contributed by atoms with Crippen LogP contribution in [0.1, 0.15) is 22.3 Å². The van der Waals surface area contributed by atoms with E-state index in [9.17, 15) is 4.79 Å². The molecule has 5 heteroatoms. The predicted molar refractivity (Wildman–Crippen MR) is 89.0 cm³/mol. The molecule has 0 saturated heterocycles. The van der Waals surface area contributed by atoms with Crippen LogP contribution in [0.15, 0.2) is 48.7 Å². The lowest BCUT2D eigenvalue weighted by atomic mass is 10.2. The molecule has 0 spiro atoms. The first-order chi connectivity index (χ1) is 10.6. The van der Waals surface area contributed by atoms with Gasteiger partial charge in [0.05, 0.1) is 0 Å². The lowest BCUT2D eigenvalue weighted by Crippen LogP contribution is -2.28. The van der Waals surface area contributed by atoms with Crippen molar-refractivity contribution >= 4 is 17.5 Å². The molecule has 1 heterocycles. The van der Waals surface area contributed by atoms with E-state index in [4.69, 9.17) is 11.6 Å². The highest BCUT2D eigenvalue weighted by Gasteiger charge is 2.06. The van der Waals surface area contributed by atoms with Crippen molar-refractivity contribution in [2.75, 3.05) is 20.1 Å². The molecule has 0 bridgehead atoms. The van der Waals surface area contributed by atoms with Crippen molar-refractivity contribution in [1.82, 2.24) is 15.2 Å². The summed E-state index contributed by atoms with van der Waals surface area (Å²) < 4.78 is 0. The molecule has 1 aromatic heterocycles. The molecule has 116 valence electrons. The zero-order valence-electron chi connectivity index (χ0n) is 12.6. The number of hydrogen-bond donors (Lipinski definition) is 1. The average Bonchev–Trinajstić information content (AvgIpc) is 2.52. The van der Waals surface area contributed by atoms with Crippen molar-refractivity contribution < 1.29 is 4.79 Å². The van der Waals surface area contributed by atoms with Gasteiger partial charge in [0.15, 0.2) is 0 Å². The maximum absolute atomic E-state index is 11.9. The Morgan fingerprint density at radius 1 is 1.27 bits per heavy atom. The molecule has 1 N–H and O–H groups in total. The Kier molecular flexibility index (Phi) is 6.37. The third-order valence-electron chi connectivity index (χ3n) is 3.29. The van der Waals surface area contributed by atoms with Crippen molar-refractivity contribution in [2.24, 2.45) is 0 Å². The SMILES string of the molecule is CN(CCCNC(=O)c1ccnc(Cl)c1)Cc1ccccc1. The van der Waals surface area contributed by atoms with E-state index in [0.717, 1.165) is 19.5 Å². The molecule has 2 aromatic rings. The van der Waals surface area contributed by atoms with Crippen molar-refractivity contribution in [3.8, 4) is 0 Å². The van der Waals surface area contributed by atoms with E-state index >= 15 is 0 Å². The molecule has 22 heavy (non-hydrogen) atoms. The van der Waals surface area contributed by atoms with Crippen LogP contribution in [0.5, 0.6) is 0 Å². The van der Waals surface area contributed by atoms with Gasteiger partial charge in [0.1, 0.15) is 5.15 Å². The molecule has 0 saturated carbocycles. The van der Waals surface area contributed by atoms with E-state index in [1.54, 1.807) is 12.1 Å². The molecular formula is C17H20ClN3O. The van der Waals surface area contributed by atoms with Crippen LogP contribution in [0, 0.1) is 0 Å². The van der Waals surface area contributed by atoms with Gasteiger partial charge in [-0.3, -0.25) is 4.79 Å². The van der Waals surface area contributed by atoms with E-state index in [1.807, 2.05) is 18.2 Å². The molecule has 0 aliphatic rings. The summed E-state index contributed by atoms with van der Waals surface area (Å²) in [7, 11) is 2.08. The van der Waals surface area contributed by atoms with E-state index in [-0.39, 0.29) is 5.91 Å². The number of carbonyl (C=O) groups excluding carboxylic acids is 1. The topological polar surface area (TPSA) is 45.2 Å². The van der Waals surface area contributed by atoms with E-state index < -0.39 is 0 Å². The summed E-state index contributed by atoms with van der Waals surface area (Å²) in [4.78, 5) is 18.0. The predicted octanol–water partition coefficient (Wildman–Crippen LogP) is 2.99. The molecule has 0 radical (unpaired) electrons. The number of rotatable bonds is 7. The van der Waals surface area contributed by atoms with Gasteiger partial charge in [-0.15, -0.1) is 0 Å². The number of carbonyl (C=O) groups is 1. The van der Waals surface area contributed by atoms with Gasteiger partial charge in [-0.1, -0.05) is 41.9 Å². The summed E-state index contributed by atoms with van der Waals surface area (Å²) in [5.74, 6) is -0.116. The van der Waals surface area contributed by atoms with Crippen LogP contribution in [0.4, 0.5) is 0 Å². The molecule has 0 unspecified atom stereocenters. The first kappa shape index (κ1) is 16.5. The van der Waals surface area contributed by atoms with Crippen LogP contribution in [-0.4, -0.2) is 35.9 Å². The summed E-state index contributed by atoms with van der Waals surface area (Å²) >= 11 is 5.77. The third kappa shape index (κ3) is 5.47. The molecule has 0 atom stereocenters. The number of hydrogen-bond acceptors (Lipinski definition) is 3.